The minimum absolute atomic E-state index is 0.00104. The molecule has 0 bridgehead atoms. The zero-order valence-corrected chi connectivity index (χ0v) is 11.8. The standard InChI is InChI=1S/C13H18N2OS/c1-6-8-7(2)17-11-9(8)10(16)14-12(15-11)13(3,4)5/h6H2,1-5H3,(H,14,15,16). The van der Waals surface area contributed by atoms with Crippen molar-refractivity contribution in [1.29, 1.82) is 0 Å². The van der Waals surface area contributed by atoms with Crippen LogP contribution < -0.4 is 5.56 Å². The topological polar surface area (TPSA) is 45.8 Å². The Morgan fingerprint density at radius 3 is 2.53 bits per heavy atom. The Hall–Kier alpha value is -1.16. The molecule has 0 amide bonds. The second-order valence-corrected chi connectivity index (χ2v) is 6.54. The van der Waals surface area contributed by atoms with Crippen molar-refractivity contribution >= 4 is 21.6 Å². The van der Waals surface area contributed by atoms with E-state index in [2.05, 4.69) is 44.6 Å². The monoisotopic (exact) mass is 250 g/mol. The fourth-order valence-electron chi connectivity index (χ4n) is 1.96. The molecular weight excluding hydrogens is 232 g/mol. The minimum Gasteiger partial charge on any atom is -0.309 e. The maximum absolute atomic E-state index is 12.2. The van der Waals surface area contributed by atoms with Gasteiger partial charge < -0.3 is 4.98 Å². The molecule has 0 saturated carbocycles. The van der Waals surface area contributed by atoms with E-state index in [1.807, 2.05) is 0 Å². The Balaban J connectivity index is 2.82. The summed E-state index contributed by atoms with van der Waals surface area (Å²) in [6.45, 7) is 10.3. The Kier molecular flexibility index (Phi) is 2.86. The van der Waals surface area contributed by atoms with Crippen LogP contribution in [-0.2, 0) is 11.8 Å². The molecule has 2 aromatic heterocycles. The average Bonchev–Trinajstić information content (AvgIpc) is 2.52. The van der Waals surface area contributed by atoms with Gasteiger partial charge in [0.1, 0.15) is 10.7 Å². The maximum Gasteiger partial charge on any atom is 0.259 e. The van der Waals surface area contributed by atoms with Gasteiger partial charge in [-0.2, -0.15) is 0 Å². The molecule has 1 N–H and O–H groups in total. The van der Waals surface area contributed by atoms with Gasteiger partial charge in [0.15, 0.2) is 0 Å². The number of nitrogens with zero attached hydrogens (tertiary/aromatic N) is 1. The number of fused-ring (bicyclic) bond motifs is 1. The van der Waals surface area contributed by atoms with Crippen LogP contribution in [0.25, 0.3) is 10.2 Å². The lowest BCUT2D eigenvalue weighted by Crippen LogP contribution is -2.21. The van der Waals surface area contributed by atoms with Gasteiger partial charge in [0.2, 0.25) is 0 Å². The summed E-state index contributed by atoms with van der Waals surface area (Å²) in [4.78, 5) is 21.7. The zero-order valence-electron chi connectivity index (χ0n) is 11.0. The summed E-state index contributed by atoms with van der Waals surface area (Å²) in [5.74, 6) is 0.763. The third-order valence-corrected chi connectivity index (χ3v) is 3.97. The number of thiophene rings is 1. The van der Waals surface area contributed by atoms with Crippen LogP contribution in [0.1, 0.15) is 44.0 Å². The molecule has 0 aliphatic rings. The number of aromatic amines is 1. The van der Waals surface area contributed by atoms with Gasteiger partial charge in [-0.05, 0) is 18.9 Å². The molecule has 92 valence electrons. The van der Waals surface area contributed by atoms with Crippen LogP contribution in [-0.4, -0.2) is 9.97 Å². The molecule has 0 aromatic carbocycles. The van der Waals surface area contributed by atoms with E-state index in [0.717, 1.165) is 28.0 Å². The highest BCUT2D eigenvalue weighted by Crippen LogP contribution is 2.28. The summed E-state index contributed by atoms with van der Waals surface area (Å²) >= 11 is 1.62. The molecule has 0 aliphatic carbocycles. The van der Waals surface area contributed by atoms with Gasteiger partial charge in [-0.15, -0.1) is 11.3 Å². The summed E-state index contributed by atoms with van der Waals surface area (Å²) in [7, 11) is 0. The third kappa shape index (κ3) is 2.02. The van der Waals surface area contributed by atoms with Crippen molar-refractivity contribution in [2.45, 2.75) is 46.5 Å². The maximum atomic E-state index is 12.2. The van der Waals surface area contributed by atoms with Crippen LogP contribution in [0.2, 0.25) is 0 Å². The molecule has 0 fully saturated rings. The van der Waals surface area contributed by atoms with E-state index in [1.54, 1.807) is 11.3 Å². The van der Waals surface area contributed by atoms with E-state index in [-0.39, 0.29) is 11.0 Å². The SMILES string of the molecule is CCc1c(C)sc2nc(C(C)(C)C)[nH]c(=O)c12. The first-order valence-electron chi connectivity index (χ1n) is 5.87. The molecule has 0 unspecified atom stereocenters. The van der Waals surface area contributed by atoms with Gasteiger partial charge >= 0.3 is 0 Å². The van der Waals surface area contributed by atoms with Crippen LogP contribution in [0.15, 0.2) is 4.79 Å². The highest BCUT2D eigenvalue weighted by Gasteiger charge is 2.20. The number of hydrogen-bond acceptors (Lipinski definition) is 3. The molecule has 0 saturated heterocycles. The molecule has 17 heavy (non-hydrogen) atoms. The molecule has 0 aliphatic heterocycles. The van der Waals surface area contributed by atoms with Crippen LogP contribution in [0.3, 0.4) is 0 Å². The van der Waals surface area contributed by atoms with Crippen LogP contribution in [0.4, 0.5) is 0 Å². The largest absolute Gasteiger partial charge is 0.309 e. The first kappa shape index (κ1) is 12.3. The van der Waals surface area contributed by atoms with Crippen molar-refractivity contribution in [1.82, 2.24) is 9.97 Å². The molecule has 0 atom stereocenters. The van der Waals surface area contributed by atoms with Crippen molar-refractivity contribution in [3.05, 3.63) is 26.6 Å². The molecule has 0 spiro atoms. The normalized spacial score (nSPS) is 12.3. The van der Waals surface area contributed by atoms with Crippen molar-refractivity contribution in [2.75, 3.05) is 0 Å². The number of aromatic nitrogens is 2. The third-order valence-electron chi connectivity index (χ3n) is 2.93. The summed E-state index contributed by atoms with van der Waals surface area (Å²) < 4.78 is 0. The van der Waals surface area contributed by atoms with E-state index in [4.69, 9.17) is 0 Å². The van der Waals surface area contributed by atoms with Gasteiger partial charge in [0.05, 0.1) is 5.39 Å². The molecule has 2 aromatic rings. The lowest BCUT2D eigenvalue weighted by Gasteiger charge is -2.16. The number of hydrogen-bond donors (Lipinski definition) is 1. The quantitative estimate of drug-likeness (QED) is 0.845. The van der Waals surface area contributed by atoms with Crippen molar-refractivity contribution < 1.29 is 0 Å². The van der Waals surface area contributed by atoms with Crippen LogP contribution >= 0.6 is 11.3 Å². The van der Waals surface area contributed by atoms with Gasteiger partial charge in [0.25, 0.3) is 5.56 Å². The fourth-order valence-corrected chi connectivity index (χ4v) is 3.07. The summed E-state index contributed by atoms with van der Waals surface area (Å²) in [6.07, 6.45) is 0.880. The van der Waals surface area contributed by atoms with E-state index in [1.165, 1.54) is 4.88 Å². The number of aryl methyl sites for hydroxylation is 2. The average molecular weight is 250 g/mol. The Bertz CT molecular complexity index is 617. The Morgan fingerprint density at radius 1 is 1.35 bits per heavy atom. The summed E-state index contributed by atoms with van der Waals surface area (Å²) in [5, 5.41) is 0.781. The van der Waals surface area contributed by atoms with E-state index in [9.17, 15) is 4.79 Å². The number of nitrogens with one attached hydrogen (secondary N) is 1. The number of H-pyrrole nitrogens is 1. The van der Waals surface area contributed by atoms with E-state index in [0.29, 0.717) is 0 Å². The number of rotatable bonds is 1. The van der Waals surface area contributed by atoms with Crippen molar-refractivity contribution in [3.63, 3.8) is 0 Å². The van der Waals surface area contributed by atoms with Crippen molar-refractivity contribution in [2.24, 2.45) is 0 Å². The molecule has 2 heterocycles. The van der Waals surface area contributed by atoms with Gasteiger partial charge in [-0.1, -0.05) is 27.7 Å². The van der Waals surface area contributed by atoms with Gasteiger partial charge in [-0.25, -0.2) is 4.98 Å². The molecule has 2 rings (SSSR count). The first-order valence-corrected chi connectivity index (χ1v) is 6.69. The van der Waals surface area contributed by atoms with E-state index < -0.39 is 0 Å². The zero-order chi connectivity index (χ0) is 12.8. The highest BCUT2D eigenvalue weighted by atomic mass is 32.1. The lowest BCUT2D eigenvalue weighted by molar-refractivity contribution is 0.546. The minimum atomic E-state index is -0.127. The van der Waals surface area contributed by atoms with Crippen LogP contribution in [0, 0.1) is 6.92 Å². The molecule has 0 radical (unpaired) electrons. The Morgan fingerprint density at radius 2 is 2.00 bits per heavy atom. The summed E-state index contributed by atoms with van der Waals surface area (Å²) in [5.41, 5.74) is 1.01. The fraction of sp³-hybridized carbons (Fsp3) is 0.538. The highest BCUT2D eigenvalue weighted by molar-refractivity contribution is 7.18. The van der Waals surface area contributed by atoms with Crippen LogP contribution in [0.5, 0.6) is 0 Å². The molecule has 3 nitrogen and oxygen atoms in total. The van der Waals surface area contributed by atoms with Crippen molar-refractivity contribution in [3.8, 4) is 0 Å². The predicted octanol–water partition coefficient (Wildman–Crippen LogP) is 3.15. The molecular formula is C13H18N2OS. The molecule has 4 heteroatoms. The summed E-state index contributed by atoms with van der Waals surface area (Å²) in [6, 6.07) is 0. The second-order valence-electron chi connectivity index (χ2n) is 5.34. The second kappa shape index (κ2) is 3.95. The predicted molar refractivity (Wildman–Crippen MR) is 73.1 cm³/mol. The smallest absolute Gasteiger partial charge is 0.259 e. The van der Waals surface area contributed by atoms with Gasteiger partial charge in [0, 0.05) is 10.3 Å². The van der Waals surface area contributed by atoms with E-state index >= 15 is 0 Å². The lowest BCUT2D eigenvalue weighted by atomic mass is 9.95. The first-order chi connectivity index (χ1) is 7.84. The Labute approximate surface area is 105 Å². The van der Waals surface area contributed by atoms with Gasteiger partial charge in [-0.3, -0.25) is 4.79 Å².